The SMILES string of the molecule is COc1cc2[nH]c(-c3ccccc3)nc2cc1Sc1ccncc1. The molecule has 24 heavy (non-hydrogen) atoms. The average Bonchev–Trinajstić information content (AvgIpc) is 3.05. The molecule has 0 saturated carbocycles. The molecule has 2 aromatic carbocycles. The normalized spacial score (nSPS) is 10.9. The van der Waals surface area contributed by atoms with Gasteiger partial charge in [-0.2, -0.15) is 0 Å². The van der Waals surface area contributed by atoms with Crippen LogP contribution in [-0.2, 0) is 0 Å². The van der Waals surface area contributed by atoms with Crippen LogP contribution in [0, 0.1) is 0 Å². The van der Waals surface area contributed by atoms with Gasteiger partial charge in [-0.15, -0.1) is 0 Å². The molecular formula is C19H15N3OS. The van der Waals surface area contributed by atoms with Crippen LogP contribution >= 0.6 is 11.8 Å². The van der Waals surface area contributed by atoms with Gasteiger partial charge in [0.25, 0.3) is 0 Å². The fraction of sp³-hybridized carbons (Fsp3) is 0.0526. The zero-order chi connectivity index (χ0) is 16.4. The predicted molar refractivity (Wildman–Crippen MR) is 96.4 cm³/mol. The minimum atomic E-state index is 0.826. The first kappa shape index (κ1) is 14.8. The van der Waals surface area contributed by atoms with Crippen molar-refractivity contribution in [1.29, 1.82) is 0 Å². The lowest BCUT2D eigenvalue weighted by molar-refractivity contribution is 0.405. The van der Waals surface area contributed by atoms with Gasteiger partial charge in [-0.1, -0.05) is 42.1 Å². The van der Waals surface area contributed by atoms with Crippen molar-refractivity contribution >= 4 is 22.8 Å². The van der Waals surface area contributed by atoms with Crippen LogP contribution in [0.25, 0.3) is 22.4 Å². The van der Waals surface area contributed by atoms with E-state index in [-0.39, 0.29) is 0 Å². The predicted octanol–water partition coefficient (Wildman–Crippen LogP) is 4.78. The molecule has 2 aromatic heterocycles. The van der Waals surface area contributed by atoms with Gasteiger partial charge in [-0.25, -0.2) is 4.98 Å². The van der Waals surface area contributed by atoms with E-state index in [0.29, 0.717) is 0 Å². The summed E-state index contributed by atoms with van der Waals surface area (Å²) in [6.45, 7) is 0. The van der Waals surface area contributed by atoms with Crippen molar-refractivity contribution in [3.05, 3.63) is 67.0 Å². The Hall–Kier alpha value is -2.79. The zero-order valence-electron chi connectivity index (χ0n) is 13.1. The molecule has 5 heteroatoms. The molecule has 0 radical (unpaired) electrons. The molecule has 0 amide bonds. The van der Waals surface area contributed by atoms with E-state index in [1.807, 2.05) is 48.5 Å². The third-order valence-corrected chi connectivity index (χ3v) is 4.74. The van der Waals surface area contributed by atoms with E-state index in [2.05, 4.69) is 16.0 Å². The van der Waals surface area contributed by atoms with Crippen LogP contribution in [-0.4, -0.2) is 22.1 Å². The van der Waals surface area contributed by atoms with Crippen LogP contribution in [0.4, 0.5) is 0 Å². The Labute approximate surface area is 143 Å². The highest BCUT2D eigenvalue weighted by Crippen LogP contribution is 2.37. The molecule has 0 bridgehead atoms. The van der Waals surface area contributed by atoms with E-state index < -0.39 is 0 Å². The number of nitrogens with zero attached hydrogens (tertiary/aromatic N) is 2. The Morgan fingerprint density at radius 1 is 1.00 bits per heavy atom. The number of pyridine rings is 1. The second-order valence-electron chi connectivity index (χ2n) is 5.26. The van der Waals surface area contributed by atoms with Crippen LogP contribution in [0.5, 0.6) is 5.75 Å². The molecule has 0 aliphatic rings. The highest BCUT2D eigenvalue weighted by Gasteiger charge is 2.11. The molecular weight excluding hydrogens is 318 g/mol. The molecule has 0 unspecified atom stereocenters. The summed E-state index contributed by atoms with van der Waals surface area (Å²) in [5.74, 6) is 1.69. The average molecular weight is 333 g/mol. The minimum Gasteiger partial charge on any atom is -0.495 e. The first-order chi connectivity index (χ1) is 11.8. The highest BCUT2D eigenvalue weighted by atomic mass is 32.2. The molecule has 2 heterocycles. The molecule has 0 fully saturated rings. The quantitative estimate of drug-likeness (QED) is 0.584. The van der Waals surface area contributed by atoms with Gasteiger partial charge in [0.1, 0.15) is 11.6 Å². The maximum Gasteiger partial charge on any atom is 0.138 e. The van der Waals surface area contributed by atoms with E-state index in [1.54, 1.807) is 31.3 Å². The van der Waals surface area contributed by atoms with Crippen molar-refractivity contribution in [3.63, 3.8) is 0 Å². The van der Waals surface area contributed by atoms with Crippen LogP contribution in [0.15, 0.2) is 76.8 Å². The lowest BCUT2D eigenvalue weighted by Gasteiger charge is -2.07. The van der Waals surface area contributed by atoms with Crippen LogP contribution in [0.1, 0.15) is 0 Å². The van der Waals surface area contributed by atoms with Gasteiger partial charge in [-0.3, -0.25) is 4.98 Å². The minimum absolute atomic E-state index is 0.826. The number of fused-ring (bicyclic) bond motifs is 1. The summed E-state index contributed by atoms with van der Waals surface area (Å²) in [4.78, 5) is 14.3. The van der Waals surface area contributed by atoms with E-state index in [4.69, 9.17) is 9.72 Å². The summed E-state index contributed by atoms with van der Waals surface area (Å²) in [6.07, 6.45) is 3.57. The first-order valence-corrected chi connectivity index (χ1v) is 8.36. The third kappa shape index (κ3) is 2.86. The Kier molecular flexibility index (Phi) is 3.92. The molecule has 0 aliphatic carbocycles. The van der Waals surface area contributed by atoms with Gasteiger partial charge in [0.15, 0.2) is 0 Å². The number of rotatable bonds is 4. The van der Waals surface area contributed by atoms with Gasteiger partial charge >= 0.3 is 0 Å². The number of aromatic nitrogens is 3. The van der Waals surface area contributed by atoms with Gasteiger partial charge in [0, 0.05) is 28.9 Å². The maximum absolute atomic E-state index is 5.56. The summed E-state index contributed by atoms with van der Waals surface area (Å²) in [6, 6.07) is 18.1. The van der Waals surface area contributed by atoms with Crippen molar-refractivity contribution in [2.45, 2.75) is 9.79 Å². The molecule has 0 aliphatic heterocycles. The molecule has 1 N–H and O–H groups in total. The molecule has 0 atom stereocenters. The smallest absolute Gasteiger partial charge is 0.138 e. The number of nitrogens with one attached hydrogen (secondary N) is 1. The summed E-state index contributed by atoms with van der Waals surface area (Å²) in [5, 5.41) is 0. The number of hydrogen-bond acceptors (Lipinski definition) is 4. The van der Waals surface area contributed by atoms with Gasteiger partial charge in [-0.05, 0) is 18.2 Å². The van der Waals surface area contributed by atoms with Gasteiger partial charge in [0.2, 0.25) is 0 Å². The topological polar surface area (TPSA) is 50.8 Å². The Morgan fingerprint density at radius 2 is 1.79 bits per heavy atom. The largest absolute Gasteiger partial charge is 0.495 e. The number of ether oxygens (including phenoxy) is 1. The number of imidazole rings is 1. The fourth-order valence-corrected chi connectivity index (χ4v) is 3.45. The molecule has 4 rings (SSSR count). The van der Waals surface area contributed by atoms with Crippen LogP contribution < -0.4 is 4.74 Å². The van der Waals surface area contributed by atoms with Crippen molar-refractivity contribution < 1.29 is 4.74 Å². The van der Waals surface area contributed by atoms with Crippen LogP contribution in [0.3, 0.4) is 0 Å². The van der Waals surface area contributed by atoms with E-state index in [0.717, 1.165) is 38.0 Å². The summed E-state index contributed by atoms with van der Waals surface area (Å²) in [7, 11) is 1.69. The van der Waals surface area contributed by atoms with E-state index >= 15 is 0 Å². The standard InChI is InChI=1S/C19H15N3OS/c1-23-17-11-15-16(12-18(17)24-14-7-9-20-10-8-14)22-19(21-15)13-5-3-2-4-6-13/h2-12H,1H3,(H,21,22). The molecule has 0 saturated heterocycles. The molecule has 4 nitrogen and oxygen atoms in total. The van der Waals surface area contributed by atoms with Gasteiger partial charge < -0.3 is 9.72 Å². The maximum atomic E-state index is 5.56. The Morgan fingerprint density at radius 3 is 2.54 bits per heavy atom. The summed E-state index contributed by atoms with van der Waals surface area (Å²) >= 11 is 1.64. The van der Waals surface area contributed by atoms with E-state index in [9.17, 15) is 0 Å². The second kappa shape index (κ2) is 6.37. The molecule has 118 valence electrons. The van der Waals surface area contributed by atoms with Crippen molar-refractivity contribution in [3.8, 4) is 17.1 Å². The summed E-state index contributed by atoms with van der Waals surface area (Å²) < 4.78 is 5.56. The second-order valence-corrected chi connectivity index (χ2v) is 6.37. The molecule has 4 aromatic rings. The number of aromatic amines is 1. The fourth-order valence-electron chi connectivity index (χ4n) is 2.52. The monoisotopic (exact) mass is 333 g/mol. The van der Waals surface area contributed by atoms with Crippen molar-refractivity contribution in [2.24, 2.45) is 0 Å². The zero-order valence-corrected chi connectivity index (χ0v) is 13.9. The van der Waals surface area contributed by atoms with Gasteiger partial charge in [0.05, 0.1) is 23.0 Å². The number of methoxy groups -OCH3 is 1. The van der Waals surface area contributed by atoms with E-state index in [1.165, 1.54) is 0 Å². The Balaban J connectivity index is 1.77. The van der Waals surface area contributed by atoms with Crippen molar-refractivity contribution in [1.82, 2.24) is 15.0 Å². The number of benzene rings is 2. The van der Waals surface area contributed by atoms with Crippen LogP contribution in [0.2, 0.25) is 0 Å². The number of H-pyrrole nitrogens is 1. The first-order valence-electron chi connectivity index (χ1n) is 7.54. The highest BCUT2D eigenvalue weighted by molar-refractivity contribution is 7.99. The lowest BCUT2D eigenvalue weighted by atomic mass is 10.2. The Bertz CT molecular complexity index is 968. The third-order valence-electron chi connectivity index (χ3n) is 3.69. The van der Waals surface area contributed by atoms with Crippen molar-refractivity contribution in [2.75, 3.05) is 7.11 Å². The lowest BCUT2D eigenvalue weighted by Crippen LogP contribution is -1.87. The summed E-state index contributed by atoms with van der Waals surface area (Å²) in [5.41, 5.74) is 2.95. The molecule has 0 spiro atoms. The number of hydrogen-bond donors (Lipinski definition) is 1.